The van der Waals surface area contributed by atoms with Gasteiger partial charge in [0.15, 0.2) is 0 Å². The normalized spacial score (nSPS) is 14.2. The fourth-order valence-corrected chi connectivity index (χ4v) is 5.53. The second-order valence-corrected chi connectivity index (χ2v) is 10.5. The number of halogens is 1. The lowest BCUT2D eigenvalue weighted by molar-refractivity contribution is -0.132. The Morgan fingerprint density at radius 3 is 2.76 bits per heavy atom. The van der Waals surface area contributed by atoms with Gasteiger partial charge in [-0.15, -0.1) is 0 Å². The van der Waals surface area contributed by atoms with Gasteiger partial charge in [-0.25, -0.2) is 4.39 Å². The number of carbonyl (C=O) groups excluding carboxylic acids is 1. The summed E-state index contributed by atoms with van der Waals surface area (Å²) in [6.45, 7) is 4.68. The zero-order chi connectivity index (χ0) is 26.4. The molecule has 1 N–H and O–H groups in total. The van der Waals surface area contributed by atoms with E-state index >= 15 is 0 Å². The molecule has 10 heteroatoms. The fourth-order valence-electron chi connectivity index (χ4n) is 4.34. The van der Waals surface area contributed by atoms with Crippen LogP contribution in [0.2, 0.25) is 0 Å². The minimum atomic E-state index is -0.500. The number of thioether (sulfide) groups is 1. The maximum absolute atomic E-state index is 14.9. The number of benzene rings is 2. The van der Waals surface area contributed by atoms with Crippen molar-refractivity contribution in [1.82, 2.24) is 10.3 Å². The van der Waals surface area contributed by atoms with E-state index in [1.165, 1.54) is 6.07 Å². The standard InChI is InChI=1S/C27H31FN4O3S2/c1-18-23(12-19-4-6-21(34-3)14-25(19)30-18)27(36)29-15-22(35-17-33)16-31(2)20-5-7-26(24(28)13-20)32-8-10-37-11-9-32/h4-7,12-14,17,22H,8-11,15-16H2,1-3H3,(H,29,36)/t22-/m0/s1. The Kier molecular flexibility index (Phi) is 9.04. The van der Waals surface area contributed by atoms with Crippen LogP contribution < -0.4 is 19.9 Å². The van der Waals surface area contributed by atoms with Crippen molar-refractivity contribution in [3.05, 3.63) is 59.5 Å². The molecular weight excluding hydrogens is 511 g/mol. The molecular formula is C27H31FN4O3S2. The summed E-state index contributed by atoms with van der Waals surface area (Å²) in [5.41, 5.74) is 3.75. The topological polar surface area (TPSA) is 66.9 Å². The zero-order valence-corrected chi connectivity index (χ0v) is 22.8. The van der Waals surface area contributed by atoms with Crippen LogP contribution in [0.5, 0.6) is 5.75 Å². The van der Waals surface area contributed by atoms with Crippen LogP contribution in [0.25, 0.3) is 10.9 Å². The maximum Gasteiger partial charge on any atom is 0.293 e. The third kappa shape index (κ3) is 6.61. The lowest BCUT2D eigenvalue weighted by atomic mass is 10.1. The highest BCUT2D eigenvalue weighted by molar-refractivity contribution is 7.99. The summed E-state index contributed by atoms with van der Waals surface area (Å²) in [5, 5.41) is 4.15. The number of thiocarbonyl (C=S) groups is 1. The molecule has 1 aliphatic heterocycles. The van der Waals surface area contributed by atoms with E-state index < -0.39 is 6.10 Å². The molecule has 1 aliphatic rings. The lowest BCUT2D eigenvalue weighted by Gasteiger charge is -2.30. The van der Waals surface area contributed by atoms with Gasteiger partial charge < -0.3 is 24.6 Å². The van der Waals surface area contributed by atoms with E-state index in [1.807, 2.05) is 67.0 Å². The van der Waals surface area contributed by atoms with E-state index in [0.717, 1.165) is 52.5 Å². The highest BCUT2D eigenvalue weighted by Gasteiger charge is 2.19. The number of nitrogens with zero attached hydrogens (tertiary/aromatic N) is 3. The van der Waals surface area contributed by atoms with Crippen molar-refractivity contribution >= 4 is 57.7 Å². The van der Waals surface area contributed by atoms with Gasteiger partial charge in [-0.2, -0.15) is 11.8 Å². The first-order valence-corrected chi connectivity index (χ1v) is 13.6. The molecule has 0 radical (unpaired) electrons. The number of methoxy groups -OCH3 is 1. The van der Waals surface area contributed by atoms with Gasteiger partial charge >= 0.3 is 0 Å². The van der Waals surface area contributed by atoms with Crippen LogP contribution in [0.3, 0.4) is 0 Å². The van der Waals surface area contributed by atoms with Crippen LogP contribution in [0.1, 0.15) is 11.3 Å². The monoisotopic (exact) mass is 542 g/mol. The van der Waals surface area contributed by atoms with Crippen LogP contribution in [0.4, 0.5) is 15.8 Å². The molecule has 7 nitrogen and oxygen atoms in total. The minimum absolute atomic E-state index is 0.250. The number of likely N-dealkylation sites (N-methyl/N-ethyl adjacent to an activating group) is 1. The van der Waals surface area contributed by atoms with Gasteiger partial charge in [-0.05, 0) is 43.3 Å². The third-order valence-corrected chi connectivity index (χ3v) is 7.71. The van der Waals surface area contributed by atoms with Gasteiger partial charge in [0.1, 0.15) is 22.7 Å². The Morgan fingerprint density at radius 2 is 2.05 bits per heavy atom. The lowest BCUT2D eigenvalue weighted by Crippen LogP contribution is -2.40. The summed E-state index contributed by atoms with van der Waals surface area (Å²) in [6, 6.07) is 12.9. The van der Waals surface area contributed by atoms with E-state index in [4.69, 9.17) is 21.7 Å². The molecule has 0 unspecified atom stereocenters. The average Bonchev–Trinajstić information content (AvgIpc) is 2.91. The quantitative estimate of drug-likeness (QED) is 0.300. The molecule has 4 rings (SSSR count). The highest BCUT2D eigenvalue weighted by Crippen LogP contribution is 2.27. The predicted octanol–water partition coefficient (Wildman–Crippen LogP) is 4.19. The number of rotatable bonds is 10. The fraction of sp³-hybridized carbons (Fsp3) is 0.370. The Morgan fingerprint density at radius 1 is 1.27 bits per heavy atom. The van der Waals surface area contributed by atoms with Crippen molar-refractivity contribution in [2.75, 3.05) is 61.6 Å². The van der Waals surface area contributed by atoms with Crippen molar-refractivity contribution in [1.29, 1.82) is 0 Å². The van der Waals surface area contributed by atoms with Crippen molar-refractivity contribution in [2.24, 2.45) is 0 Å². The molecule has 1 fully saturated rings. The van der Waals surface area contributed by atoms with Gasteiger partial charge in [0.25, 0.3) is 6.47 Å². The minimum Gasteiger partial charge on any atom is -0.497 e. The summed E-state index contributed by atoms with van der Waals surface area (Å²) >= 11 is 7.52. The number of pyridine rings is 1. The van der Waals surface area contributed by atoms with Crippen LogP contribution >= 0.6 is 24.0 Å². The van der Waals surface area contributed by atoms with Gasteiger partial charge in [0, 0.05) is 60.0 Å². The molecule has 0 aliphatic carbocycles. The highest BCUT2D eigenvalue weighted by atomic mass is 32.2. The van der Waals surface area contributed by atoms with Gasteiger partial charge in [-0.1, -0.05) is 12.2 Å². The first kappa shape index (κ1) is 26.9. The van der Waals surface area contributed by atoms with Gasteiger partial charge in [-0.3, -0.25) is 9.78 Å². The summed E-state index contributed by atoms with van der Waals surface area (Å²) in [4.78, 5) is 20.3. The van der Waals surface area contributed by atoms with Crippen molar-refractivity contribution in [2.45, 2.75) is 13.0 Å². The summed E-state index contributed by atoms with van der Waals surface area (Å²) in [5.74, 6) is 2.50. The van der Waals surface area contributed by atoms with E-state index in [0.29, 0.717) is 35.9 Å². The summed E-state index contributed by atoms with van der Waals surface area (Å²) in [7, 11) is 3.47. The molecule has 0 saturated carbocycles. The molecule has 1 aromatic heterocycles. The average molecular weight is 543 g/mol. The van der Waals surface area contributed by atoms with Crippen LogP contribution in [0.15, 0.2) is 42.5 Å². The van der Waals surface area contributed by atoms with E-state index in [1.54, 1.807) is 7.11 Å². The first-order valence-electron chi connectivity index (χ1n) is 12.1. The Bertz CT molecular complexity index is 1270. The second-order valence-electron chi connectivity index (χ2n) is 8.86. The predicted molar refractivity (Wildman–Crippen MR) is 153 cm³/mol. The number of aromatic nitrogens is 1. The van der Waals surface area contributed by atoms with Crippen LogP contribution in [-0.2, 0) is 9.53 Å². The molecule has 0 amide bonds. The van der Waals surface area contributed by atoms with Crippen molar-refractivity contribution in [3.63, 3.8) is 0 Å². The number of hydrogen-bond donors (Lipinski definition) is 1. The number of hydrogen-bond acceptors (Lipinski definition) is 8. The number of ether oxygens (including phenoxy) is 2. The molecule has 0 bridgehead atoms. The molecule has 196 valence electrons. The van der Waals surface area contributed by atoms with Crippen molar-refractivity contribution in [3.8, 4) is 5.75 Å². The van der Waals surface area contributed by atoms with Crippen molar-refractivity contribution < 1.29 is 18.7 Å². The Hall–Kier alpha value is -3.11. The van der Waals surface area contributed by atoms with E-state index in [9.17, 15) is 9.18 Å². The van der Waals surface area contributed by atoms with Crippen LogP contribution in [-0.4, -0.2) is 74.4 Å². The number of aryl methyl sites for hydroxylation is 1. The maximum atomic E-state index is 14.9. The molecule has 2 heterocycles. The Labute approximate surface area is 226 Å². The molecule has 1 saturated heterocycles. The number of anilines is 2. The zero-order valence-electron chi connectivity index (χ0n) is 21.2. The third-order valence-electron chi connectivity index (χ3n) is 6.40. The largest absolute Gasteiger partial charge is 0.497 e. The van der Waals surface area contributed by atoms with Gasteiger partial charge in [0.05, 0.1) is 31.4 Å². The Balaban J connectivity index is 1.40. The number of carbonyl (C=O) groups is 1. The summed E-state index contributed by atoms with van der Waals surface area (Å²) in [6.07, 6.45) is -0.500. The molecule has 37 heavy (non-hydrogen) atoms. The van der Waals surface area contributed by atoms with Crippen LogP contribution in [0, 0.1) is 12.7 Å². The first-order chi connectivity index (χ1) is 17.9. The second kappa shape index (κ2) is 12.4. The number of nitrogens with one attached hydrogen (secondary N) is 1. The molecule has 0 spiro atoms. The van der Waals surface area contributed by atoms with E-state index in [-0.39, 0.29) is 5.82 Å². The van der Waals surface area contributed by atoms with E-state index in [2.05, 4.69) is 15.2 Å². The number of fused-ring (bicyclic) bond motifs is 1. The smallest absolute Gasteiger partial charge is 0.293 e. The van der Waals surface area contributed by atoms with Gasteiger partial charge in [0.2, 0.25) is 0 Å². The summed E-state index contributed by atoms with van der Waals surface area (Å²) < 4.78 is 25.5. The molecule has 2 aromatic carbocycles. The molecule has 1 atom stereocenters. The SMILES string of the molecule is COc1ccc2cc(C(=S)NC[C@@H](CN(C)c3ccc(N4CCSCC4)c(F)c3)OC=O)c(C)nc2c1. The molecule has 3 aromatic rings.